The Morgan fingerprint density at radius 2 is 1.90 bits per heavy atom. The predicted molar refractivity (Wildman–Crippen MR) is 114 cm³/mol. The van der Waals surface area contributed by atoms with Gasteiger partial charge in [-0.2, -0.15) is 0 Å². The third kappa shape index (κ3) is 7.37. The fourth-order valence-corrected chi connectivity index (χ4v) is 4.58. The molecule has 0 aliphatic carbocycles. The highest BCUT2D eigenvalue weighted by atomic mass is 32.2. The maximum absolute atomic E-state index is 12.9. The largest absolute Gasteiger partial charge is 0.354 e. The lowest BCUT2D eigenvalue weighted by molar-refractivity contribution is -0.118. The second kappa shape index (κ2) is 11.2. The van der Waals surface area contributed by atoms with Gasteiger partial charge in [-0.25, -0.2) is 4.39 Å². The summed E-state index contributed by atoms with van der Waals surface area (Å²) in [5, 5.41) is 14.4. The van der Waals surface area contributed by atoms with E-state index in [1.807, 2.05) is 0 Å². The Morgan fingerprint density at radius 3 is 2.66 bits per heavy atom. The van der Waals surface area contributed by atoms with Gasteiger partial charge in [-0.1, -0.05) is 17.8 Å². The van der Waals surface area contributed by atoms with Crippen LogP contribution in [0.1, 0.15) is 34.1 Å². The molecule has 0 unspecified atom stereocenters. The summed E-state index contributed by atoms with van der Waals surface area (Å²) in [6.45, 7) is 3.82. The lowest BCUT2D eigenvalue weighted by Gasteiger charge is -2.26. The number of carbonyl (C=O) groups excluding carboxylic acids is 2. The molecule has 2 aromatic rings. The SMILES string of the molecule is O=C(CSCc1nnc(C(=O)Nc2ccc(F)cc2)s1)NCCN1CCCCC1. The number of hydrogen-bond donors (Lipinski definition) is 2. The molecule has 1 fully saturated rings. The van der Waals surface area contributed by atoms with Gasteiger partial charge in [0.05, 0.1) is 5.75 Å². The molecule has 1 saturated heterocycles. The summed E-state index contributed by atoms with van der Waals surface area (Å²) in [4.78, 5) is 26.5. The zero-order valence-electron chi connectivity index (χ0n) is 16.0. The molecule has 1 aliphatic rings. The van der Waals surface area contributed by atoms with Gasteiger partial charge in [0.15, 0.2) is 0 Å². The fourth-order valence-electron chi connectivity index (χ4n) is 2.94. The Bertz CT molecular complexity index is 809. The molecular weight excluding hydrogens is 413 g/mol. The van der Waals surface area contributed by atoms with E-state index in [4.69, 9.17) is 0 Å². The first kappa shape index (κ1) is 21.7. The molecule has 7 nitrogen and oxygen atoms in total. The smallest absolute Gasteiger partial charge is 0.286 e. The summed E-state index contributed by atoms with van der Waals surface area (Å²) in [5.74, 6) is 0.109. The van der Waals surface area contributed by atoms with Gasteiger partial charge < -0.3 is 15.5 Å². The third-order valence-electron chi connectivity index (χ3n) is 4.42. The van der Waals surface area contributed by atoms with E-state index >= 15 is 0 Å². The van der Waals surface area contributed by atoms with Gasteiger partial charge in [-0.05, 0) is 50.2 Å². The minimum atomic E-state index is -0.388. The molecule has 2 heterocycles. The Kier molecular flexibility index (Phi) is 8.38. The minimum absolute atomic E-state index is 0.00537. The second-order valence-electron chi connectivity index (χ2n) is 6.71. The Morgan fingerprint density at radius 1 is 1.14 bits per heavy atom. The highest BCUT2D eigenvalue weighted by molar-refractivity contribution is 7.99. The van der Waals surface area contributed by atoms with Gasteiger partial charge in [-0.3, -0.25) is 9.59 Å². The Hall–Kier alpha value is -2.04. The molecule has 10 heteroatoms. The molecule has 2 amide bonds. The highest BCUT2D eigenvalue weighted by Gasteiger charge is 2.14. The number of hydrogen-bond acceptors (Lipinski definition) is 7. The number of halogens is 1. The Balaban J connectivity index is 1.33. The number of nitrogens with zero attached hydrogens (tertiary/aromatic N) is 3. The number of nitrogens with one attached hydrogen (secondary N) is 2. The maximum atomic E-state index is 12.9. The standard InChI is InChI=1S/C19H24FN5O2S2/c20-14-4-6-15(7-5-14)22-18(27)19-24-23-17(29-19)13-28-12-16(26)21-8-11-25-9-2-1-3-10-25/h4-7H,1-3,8-13H2,(H,21,26)(H,22,27). The van der Waals surface area contributed by atoms with Crippen molar-refractivity contribution in [3.05, 3.63) is 40.1 Å². The third-order valence-corrected chi connectivity index (χ3v) is 6.47. The van der Waals surface area contributed by atoms with E-state index in [1.54, 1.807) is 0 Å². The number of thioether (sulfide) groups is 1. The monoisotopic (exact) mass is 437 g/mol. The van der Waals surface area contributed by atoms with Gasteiger partial charge in [-0.15, -0.1) is 22.0 Å². The van der Waals surface area contributed by atoms with Gasteiger partial charge >= 0.3 is 0 Å². The highest BCUT2D eigenvalue weighted by Crippen LogP contribution is 2.18. The molecule has 3 rings (SSSR count). The maximum Gasteiger partial charge on any atom is 0.286 e. The summed E-state index contributed by atoms with van der Waals surface area (Å²) in [7, 11) is 0. The van der Waals surface area contributed by atoms with Crippen LogP contribution in [0.25, 0.3) is 0 Å². The lowest BCUT2D eigenvalue weighted by atomic mass is 10.1. The van der Waals surface area contributed by atoms with Crippen LogP contribution < -0.4 is 10.6 Å². The topological polar surface area (TPSA) is 87.2 Å². The van der Waals surface area contributed by atoms with E-state index in [2.05, 4.69) is 25.7 Å². The number of anilines is 1. The summed E-state index contributed by atoms with van der Waals surface area (Å²) in [5.41, 5.74) is 0.490. The van der Waals surface area contributed by atoms with E-state index in [-0.39, 0.29) is 22.6 Å². The number of aromatic nitrogens is 2. The number of benzene rings is 1. The lowest BCUT2D eigenvalue weighted by Crippen LogP contribution is -2.38. The molecule has 0 atom stereocenters. The number of carbonyl (C=O) groups is 2. The molecule has 29 heavy (non-hydrogen) atoms. The van der Waals surface area contributed by atoms with Crippen molar-refractivity contribution in [3.63, 3.8) is 0 Å². The molecule has 0 radical (unpaired) electrons. The van der Waals surface area contributed by atoms with Gasteiger partial charge in [0.25, 0.3) is 5.91 Å². The number of rotatable bonds is 9. The van der Waals surface area contributed by atoms with Crippen molar-refractivity contribution < 1.29 is 14.0 Å². The molecule has 1 aromatic carbocycles. The van der Waals surface area contributed by atoms with Crippen LogP contribution in [0.15, 0.2) is 24.3 Å². The van der Waals surface area contributed by atoms with Crippen molar-refractivity contribution in [1.29, 1.82) is 0 Å². The van der Waals surface area contributed by atoms with Crippen LogP contribution in [-0.4, -0.2) is 58.8 Å². The van der Waals surface area contributed by atoms with Gasteiger partial charge in [0.1, 0.15) is 10.8 Å². The van der Waals surface area contributed by atoms with Crippen LogP contribution in [0.3, 0.4) is 0 Å². The van der Waals surface area contributed by atoms with Crippen LogP contribution in [0.2, 0.25) is 0 Å². The molecule has 156 valence electrons. The van der Waals surface area contributed by atoms with Crippen molar-refractivity contribution >= 4 is 40.6 Å². The molecule has 0 bridgehead atoms. The van der Waals surface area contributed by atoms with Gasteiger partial charge in [0.2, 0.25) is 10.9 Å². The van der Waals surface area contributed by atoms with Crippen molar-refractivity contribution in [2.45, 2.75) is 25.0 Å². The van der Waals surface area contributed by atoms with Crippen LogP contribution in [-0.2, 0) is 10.5 Å². The normalized spacial score (nSPS) is 14.5. The van der Waals surface area contributed by atoms with E-state index < -0.39 is 0 Å². The van der Waals surface area contributed by atoms with Crippen LogP contribution in [0.4, 0.5) is 10.1 Å². The van der Waals surface area contributed by atoms with Crippen LogP contribution >= 0.6 is 23.1 Å². The first-order chi connectivity index (χ1) is 14.1. The van der Waals surface area contributed by atoms with E-state index in [0.29, 0.717) is 28.7 Å². The summed E-state index contributed by atoms with van der Waals surface area (Å²) in [6.07, 6.45) is 3.80. The molecule has 0 saturated carbocycles. The average Bonchev–Trinajstić information content (AvgIpc) is 3.20. The molecule has 2 N–H and O–H groups in total. The summed E-state index contributed by atoms with van der Waals surface area (Å²) in [6, 6.07) is 5.51. The fraction of sp³-hybridized carbons (Fsp3) is 0.474. The molecule has 0 spiro atoms. The molecule has 1 aromatic heterocycles. The van der Waals surface area contributed by atoms with E-state index in [1.165, 1.54) is 66.6 Å². The van der Waals surface area contributed by atoms with Gasteiger partial charge in [0, 0.05) is 24.5 Å². The zero-order valence-corrected chi connectivity index (χ0v) is 17.7. The van der Waals surface area contributed by atoms with E-state index in [0.717, 1.165) is 19.6 Å². The first-order valence-electron chi connectivity index (χ1n) is 9.56. The quantitative estimate of drug-likeness (QED) is 0.627. The predicted octanol–water partition coefficient (Wildman–Crippen LogP) is 2.76. The minimum Gasteiger partial charge on any atom is -0.354 e. The van der Waals surface area contributed by atoms with Crippen molar-refractivity contribution in [3.8, 4) is 0 Å². The second-order valence-corrected chi connectivity index (χ2v) is 8.75. The first-order valence-corrected chi connectivity index (χ1v) is 11.5. The van der Waals surface area contributed by atoms with Crippen molar-refractivity contribution in [2.75, 3.05) is 37.2 Å². The zero-order chi connectivity index (χ0) is 20.5. The van der Waals surface area contributed by atoms with Crippen LogP contribution in [0, 0.1) is 5.82 Å². The molecular formula is C19H24FN5O2S2. The van der Waals surface area contributed by atoms with E-state index in [9.17, 15) is 14.0 Å². The Labute approximate surface area is 177 Å². The summed E-state index contributed by atoms with van der Waals surface area (Å²) < 4.78 is 12.9. The van der Waals surface area contributed by atoms with Crippen molar-refractivity contribution in [2.24, 2.45) is 0 Å². The molecule has 1 aliphatic heterocycles. The van der Waals surface area contributed by atoms with Crippen molar-refractivity contribution in [1.82, 2.24) is 20.4 Å². The average molecular weight is 438 g/mol. The number of amides is 2. The number of piperidine rings is 1. The van der Waals surface area contributed by atoms with Crippen LogP contribution in [0.5, 0.6) is 0 Å². The summed E-state index contributed by atoms with van der Waals surface area (Å²) >= 11 is 2.62. The number of likely N-dealkylation sites (tertiary alicyclic amines) is 1.